The third-order valence-electron chi connectivity index (χ3n) is 2.05. The molecule has 6 heteroatoms. The van der Waals surface area contributed by atoms with Gasteiger partial charge in [-0.3, -0.25) is 4.79 Å². The molecule has 80 valence electrons. The molecule has 0 aliphatic carbocycles. The third kappa shape index (κ3) is 2.36. The van der Waals surface area contributed by atoms with Crippen LogP contribution in [0.15, 0.2) is 0 Å². The molecule has 1 aliphatic rings. The molecule has 0 bridgehead atoms. The average molecular weight is 204 g/mol. The van der Waals surface area contributed by atoms with Crippen LogP contribution in [0.1, 0.15) is 6.92 Å². The van der Waals surface area contributed by atoms with Crippen LogP contribution in [0.5, 0.6) is 0 Å². The van der Waals surface area contributed by atoms with Gasteiger partial charge in [-0.25, -0.2) is 0 Å². The van der Waals surface area contributed by atoms with Crippen molar-refractivity contribution in [3.8, 4) is 0 Å². The molecule has 6 nitrogen and oxygen atoms in total. The zero-order valence-corrected chi connectivity index (χ0v) is 7.75. The quantitative estimate of drug-likeness (QED) is 0.381. The van der Waals surface area contributed by atoms with Crippen molar-refractivity contribution in [3.63, 3.8) is 0 Å². The van der Waals surface area contributed by atoms with E-state index in [0.717, 1.165) is 0 Å². The summed E-state index contributed by atoms with van der Waals surface area (Å²) in [5.74, 6) is -0.330. The first kappa shape index (κ1) is 11.3. The molecule has 1 fully saturated rings. The summed E-state index contributed by atoms with van der Waals surface area (Å²) in [4.78, 5) is 10.7. The summed E-state index contributed by atoms with van der Waals surface area (Å²) < 4.78 is 4.92. The van der Waals surface area contributed by atoms with Gasteiger partial charge in [-0.2, -0.15) is 4.74 Å². The molecule has 1 heterocycles. The maximum Gasteiger partial charge on any atom is 0.254 e. The second kappa shape index (κ2) is 4.61. The van der Waals surface area contributed by atoms with E-state index in [4.69, 9.17) is 9.84 Å². The highest BCUT2D eigenvalue weighted by Gasteiger charge is 2.45. The Morgan fingerprint density at radius 3 is 2.64 bits per heavy atom. The van der Waals surface area contributed by atoms with Gasteiger partial charge in [0.25, 0.3) is 6.61 Å². The molecule has 0 aromatic heterocycles. The third-order valence-corrected chi connectivity index (χ3v) is 2.05. The molecule has 0 unspecified atom stereocenters. The van der Waals surface area contributed by atoms with Crippen LogP contribution in [0.4, 0.5) is 0 Å². The minimum atomic E-state index is -1.21. The number of nitrogens with one attached hydrogen (secondary N) is 1. The molecule has 1 rings (SSSR count). The van der Waals surface area contributed by atoms with Crippen molar-refractivity contribution in [2.45, 2.75) is 31.3 Å². The van der Waals surface area contributed by atoms with Crippen molar-refractivity contribution >= 4 is 5.91 Å². The summed E-state index contributed by atoms with van der Waals surface area (Å²) >= 11 is 0. The minimum Gasteiger partial charge on any atom is -0.393 e. The summed E-state index contributed by atoms with van der Waals surface area (Å²) in [7, 11) is 0. The number of aliphatic hydroxyl groups is 3. The van der Waals surface area contributed by atoms with Gasteiger partial charge in [-0.1, -0.05) is 0 Å². The predicted octanol–water partition coefficient (Wildman–Crippen LogP) is -2.23. The van der Waals surface area contributed by atoms with E-state index in [1.807, 2.05) is 0 Å². The molecule has 0 aromatic carbocycles. The van der Waals surface area contributed by atoms with Crippen LogP contribution < -0.4 is 5.32 Å². The lowest BCUT2D eigenvalue weighted by atomic mass is 9.98. The zero-order valence-electron chi connectivity index (χ0n) is 7.75. The average Bonchev–Trinajstić information content (AvgIpc) is 2.13. The molecule has 14 heavy (non-hydrogen) atoms. The van der Waals surface area contributed by atoms with Gasteiger partial charge in [0, 0.05) is 6.92 Å². The Kier molecular flexibility index (Phi) is 3.70. The van der Waals surface area contributed by atoms with Crippen molar-refractivity contribution < 1.29 is 24.9 Å². The number of hydrogen-bond donors (Lipinski definition) is 4. The van der Waals surface area contributed by atoms with Gasteiger partial charge >= 0.3 is 0 Å². The number of rotatable bonds is 2. The van der Waals surface area contributed by atoms with E-state index < -0.39 is 24.4 Å². The molecular formula is C8H14NO5+. The molecule has 1 amide bonds. The van der Waals surface area contributed by atoms with Crippen molar-refractivity contribution in [1.29, 1.82) is 0 Å². The minimum absolute atomic E-state index is 0.330. The fraction of sp³-hybridized carbons (Fsp3) is 0.750. The summed E-state index contributed by atoms with van der Waals surface area (Å²) in [6.45, 7) is 2.12. The van der Waals surface area contributed by atoms with E-state index in [1.165, 1.54) is 13.5 Å². The highest BCUT2D eigenvalue weighted by atomic mass is 16.5. The number of hydrogen-bond acceptors (Lipinski definition) is 5. The Bertz CT molecular complexity index is 210. The van der Waals surface area contributed by atoms with E-state index in [1.54, 1.807) is 0 Å². The van der Waals surface area contributed by atoms with E-state index in [9.17, 15) is 15.0 Å². The van der Waals surface area contributed by atoms with Gasteiger partial charge in [-0.15, -0.1) is 0 Å². The van der Waals surface area contributed by atoms with E-state index in [0.29, 0.717) is 0 Å². The van der Waals surface area contributed by atoms with Crippen LogP contribution in [0.2, 0.25) is 0 Å². The first-order valence-electron chi connectivity index (χ1n) is 4.29. The Hall–Kier alpha value is -0.820. The predicted molar refractivity (Wildman–Crippen MR) is 45.9 cm³/mol. The Labute approximate surface area is 81.5 Å². The van der Waals surface area contributed by atoms with Crippen LogP contribution in [0.25, 0.3) is 0 Å². The van der Waals surface area contributed by atoms with E-state index in [-0.39, 0.29) is 12.5 Å². The summed E-state index contributed by atoms with van der Waals surface area (Å²) in [6.07, 6.45) is -3.21. The Morgan fingerprint density at radius 2 is 2.14 bits per heavy atom. The highest BCUT2D eigenvalue weighted by Crippen LogP contribution is 2.17. The molecule has 0 spiro atoms. The van der Waals surface area contributed by atoms with Gasteiger partial charge in [0.05, 0.1) is 6.61 Å². The summed E-state index contributed by atoms with van der Waals surface area (Å²) in [5.41, 5.74) is 0. The van der Waals surface area contributed by atoms with Crippen LogP contribution in [-0.2, 0) is 9.53 Å². The number of carbonyl (C=O) groups excluding carboxylic acids is 1. The number of aliphatic hydroxyl groups excluding tert-OH is 3. The fourth-order valence-corrected chi connectivity index (χ4v) is 1.28. The standard InChI is InChI=1S/C8H13NO5/c1-4(11)9-5-3-14-6(2-10)8(13)7(5)12/h3,5-8,10,12-13H,2H2,1H3/p+1/t5-,6+,7+,8-/m0/s1. The lowest BCUT2D eigenvalue weighted by Crippen LogP contribution is -2.57. The van der Waals surface area contributed by atoms with Crippen LogP contribution in [0.3, 0.4) is 0 Å². The van der Waals surface area contributed by atoms with E-state index >= 15 is 0 Å². The highest BCUT2D eigenvalue weighted by molar-refractivity contribution is 5.73. The number of carbonyl (C=O) groups is 1. The summed E-state index contributed by atoms with van der Waals surface area (Å²) in [5, 5.41) is 30.1. The van der Waals surface area contributed by atoms with Crippen LogP contribution in [0, 0.1) is 6.61 Å². The lowest BCUT2D eigenvalue weighted by Gasteiger charge is -2.29. The van der Waals surface area contributed by atoms with Crippen molar-refractivity contribution in [2.24, 2.45) is 0 Å². The van der Waals surface area contributed by atoms with Gasteiger partial charge in [-0.05, 0) is 0 Å². The number of ether oxygens (including phenoxy) is 1. The van der Waals surface area contributed by atoms with Crippen LogP contribution >= 0.6 is 0 Å². The van der Waals surface area contributed by atoms with Crippen molar-refractivity contribution in [3.05, 3.63) is 6.61 Å². The number of amides is 1. The normalized spacial score (nSPS) is 37.4. The van der Waals surface area contributed by atoms with Crippen LogP contribution in [-0.4, -0.2) is 52.2 Å². The maximum absolute atomic E-state index is 10.7. The maximum atomic E-state index is 10.7. The van der Waals surface area contributed by atoms with Gasteiger partial charge in [0.2, 0.25) is 11.9 Å². The SMILES string of the molecule is CC(=O)N[C@H]1[CH+]O[C@H](CO)[C@H](O)[C@@H]1O. The van der Waals surface area contributed by atoms with Crippen molar-refractivity contribution in [2.75, 3.05) is 6.61 Å². The van der Waals surface area contributed by atoms with Gasteiger partial charge < -0.3 is 20.6 Å². The monoisotopic (exact) mass is 204 g/mol. The fourth-order valence-electron chi connectivity index (χ4n) is 1.28. The summed E-state index contributed by atoms with van der Waals surface area (Å²) in [6, 6.07) is -0.745. The lowest BCUT2D eigenvalue weighted by molar-refractivity contribution is -0.144. The molecular weight excluding hydrogens is 190 g/mol. The van der Waals surface area contributed by atoms with Gasteiger partial charge in [0.15, 0.2) is 6.10 Å². The van der Waals surface area contributed by atoms with Gasteiger partial charge in [0.1, 0.15) is 12.2 Å². The second-order valence-electron chi connectivity index (χ2n) is 3.20. The zero-order chi connectivity index (χ0) is 10.7. The topological polar surface area (TPSA) is 99.0 Å². The van der Waals surface area contributed by atoms with Crippen molar-refractivity contribution in [1.82, 2.24) is 5.32 Å². The largest absolute Gasteiger partial charge is 0.393 e. The Balaban J connectivity index is 2.54. The smallest absolute Gasteiger partial charge is 0.254 e. The molecule has 4 N–H and O–H groups in total. The molecule has 0 aromatic rings. The molecule has 0 radical (unpaired) electrons. The first-order chi connectivity index (χ1) is 6.56. The molecule has 1 aliphatic heterocycles. The molecule has 4 atom stereocenters. The van der Waals surface area contributed by atoms with E-state index in [2.05, 4.69) is 5.32 Å². The molecule has 1 saturated heterocycles. The first-order valence-corrected chi connectivity index (χ1v) is 4.29. The molecule has 0 saturated carbocycles. The Morgan fingerprint density at radius 1 is 1.50 bits per heavy atom. The second-order valence-corrected chi connectivity index (χ2v) is 3.20.